The third kappa shape index (κ3) is 5.20. The van der Waals surface area contributed by atoms with Crippen LogP contribution in [0.25, 0.3) is 10.9 Å². The Kier molecular flexibility index (Phi) is 7.30. The maximum atomic E-state index is 13.0. The van der Waals surface area contributed by atoms with E-state index >= 15 is 0 Å². The Morgan fingerprint density at radius 1 is 1.11 bits per heavy atom. The van der Waals surface area contributed by atoms with Crippen LogP contribution < -0.4 is 19.8 Å². The van der Waals surface area contributed by atoms with E-state index in [1.165, 1.54) is 37.2 Å². The molecule has 0 N–H and O–H groups in total. The van der Waals surface area contributed by atoms with Crippen LogP contribution in [0.15, 0.2) is 69.0 Å². The van der Waals surface area contributed by atoms with Crippen molar-refractivity contribution < 1.29 is 19.1 Å². The topological polar surface area (TPSA) is 118 Å². The molecule has 0 atom stereocenters. The average molecular weight is 553 g/mol. The summed E-state index contributed by atoms with van der Waals surface area (Å²) in [5.41, 5.74) is 1.46. The number of hydrogen-bond acceptors (Lipinski definition) is 8. The number of halogens is 1. The van der Waals surface area contributed by atoms with E-state index in [1.54, 1.807) is 43.3 Å². The molecule has 0 amide bonds. The molecule has 0 unspecified atom stereocenters. The molecule has 3 aromatic carbocycles. The summed E-state index contributed by atoms with van der Waals surface area (Å²) in [4.78, 5) is 28.0. The van der Waals surface area contributed by atoms with E-state index in [0.717, 1.165) is 4.47 Å². The fraction of sp³-hybridized carbons (Fsp3) is 0.160. The summed E-state index contributed by atoms with van der Waals surface area (Å²) in [6.07, 6.45) is 1.50. The van der Waals surface area contributed by atoms with E-state index in [1.807, 2.05) is 6.07 Å². The first kappa shape index (κ1) is 24.9. The molecule has 4 aromatic rings. The van der Waals surface area contributed by atoms with Gasteiger partial charge in [-0.05, 0) is 42.8 Å². The van der Waals surface area contributed by atoms with Gasteiger partial charge >= 0.3 is 0 Å². The Hall–Kier alpha value is -4.25. The highest BCUT2D eigenvalue weighted by Gasteiger charge is 2.15. The molecular formula is C25H21BrN4O6. The van der Waals surface area contributed by atoms with Crippen LogP contribution in [0.1, 0.15) is 17.0 Å². The Morgan fingerprint density at radius 2 is 1.83 bits per heavy atom. The Labute approximate surface area is 214 Å². The lowest BCUT2D eigenvalue weighted by atomic mass is 10.2. The van der Waals surface area contributed by atoms with Crippen molar-refractivity contribution in [2.45, 2.75) is 13.5 Å². The van der Waals surface area contributed by atoms with Crippen molar-refractivity contribution in [2.75, 3.05) is 14.2 Å². The normalized spacial score (nSPS) is 11.1. The maximum absolute atomic E-state index is 13.0. The number of hydrogen-bond donors (Lipinski definition) is 0. The van der Waals surface area contributed by atoms with E-state index in [0.29, 0.717) is 45.1 Å². The molecular weight excluding hydrogens is 532 g/mol. The molecule has 1 aromatic heterocycles. The summed E-state index contributed by atoms with van der Waals surface area (Å²) in [5.74, 6) is 1.49. The van der Waals surface area contributed by atoms with Crippen molar-refractivity contribution in [3.63, 3.8) is 0 Å². The molecule has 4 rings (SSSR count). The van der Waals surface area contributed by atoms with E-state index in [4.69, 9.17) is 14.2 Å². The Morgan fingerprint density at radius 3 is 2.50 bits per heavy atom. The maximum Gasteiger partial charge on any atom is 0.282 e. The predicted octanol–water partition coefficient (Wildman–Crippen LogP) is 4.85. The summed E-state index contributed by atoms with van der Waals surface area (Å²) < 4.78 is 18.9. The van der Waals surface area contributed by atoms with Gasteiger partial charge in [0.05, 0.1) is 36.3 Å². The molecule has 0 fully saturated rings. The van der Waals surface area contributed by atoms with Crippen LogP contribution >= 0.6 is 15.9 Å². The SMILES string of the molecule is COc1cc(C=Nn2c(C)nc3ccc(Br)cc3c2=O)cc(OC)c1OCc1cccc([N+](=O)[O-])c1. The molecule has 0 bridgehead atoms. The second-order valence-electron chi connectivity index (χ2n) is 7.65. The standard InChI is InChI=1S/C25H21BrN4O6/c1-15-28-21-8-7-18(26)12-20(21)25(31)29(15)27-13-17-10-22(34-2)24(23(11-17)35-3)36-14-16-5-4-6-19(9-16)30(32)33/h4-13H,14H2,1-3H3. The highest BCUT2D eigenvalue weighted by molar-refractivity contribution is 9.10. The van der Waals surface area contributed by atoms with Crippen molar-refractivity contribution in [3.8, 4) is 17.2 Å². The zero-order valence-corrected chi connectivity index (χ0v) is 21.2. The molecule has 184 valence electrons. The fourth-order valence-corrected chi connectivity index (χ4v) is 3.91. The largest absolute Gasteiger partial charge is 0.493 e. The molecule has 0 aliphatic rings. The number of aryl methyl sites for hydroxylation is 1. The first-order chi connectivity index (χ1) is 17.3. The molecule has 1 heterocycles. The summed E-state index contributed by atoms with van der Waals surface area (Å²) in [5, 5.41) is 15.8. The molecule has 36 heavy (non-hydrogen) atoms. The molecule has 0 radical (unpaired) electrons. The number of ether oxygens (including phenoxy) is 3. The molecule has 0 spiro atoms. The number of rotatable bonds is 8. The van der Waals surface area contributed by atoms with Crippen LogP contribution in [-0.4, -0.2) is 35.0 Å². The zero-order chi connectivity index (χ0) is 25.8. The lowest BCUT2D eigenvalue weighted by Crippen LogP contribution is -2.20. The van der Waals surface area contributed by atoms with Crippen molar-refractivity contribution in [1.82, 2.24) is 9.66 Å². The molecule has 0 aliphatic carbocycles. The van der Waals surface area contributed by atoms with E-state index in [-0.39, 0.29) is 17.9 Å². The number of non-ortho nitro benzene ring substituents is 1. The van der Waals surface area contributed by atoms with Crippen molar-refractivity contribution >= 4 is 38.7 Å². The quantitative estimate of drug-likeness (QED) is 0.174. The van der Waals surface area contributed by atoms with Gasteiger partial charge in [-0.15, -0.1) is 0 Å². The minimum atomic E-state index is -0.463. The predicted molar refractivity (Wildman–Crippen MR) is 138 cm³/mol. The van der Waals surface area contributed by atoms with Crippen LogP contribution in [-0.2, 0) is 6.61 Å². The lowest BCUT2D eigenvalue weighted by molar-refractivity contribution is -0.384. The van der Waals surface area contributed by atoms with E-state index in [9.17, 15) is 14.9 Å². The number of nitro benzene ring substituents is 1. The van der Waals surface area contributed by atoms with Crippen molar-refractivity contribution in [3.05, 3.63) is 96.5 Å². The minimum absolute atomic E-state index is 0.0253. The number of nitro groups is 1. The number of methoxy groups -OCH3 is 2. The summed E-state index contributed by atoms with van der Waals surface area (Å²) in [6, 6.07) is 14.8. The van der Waals surface area contributed by atoms with Gasteiger partial charge in [0.15, 0.2) is 11.5 Å². The second-order valence-corrected chi connectivity index (χ2v) is 8.57. The van der Waals surface area contributed by atoms with Gasteiger partial charge in [0.2, 0.25) is 5.75 Å². The fourth-order valence-electron chi connectivity index (χ4n) is 3.55. The number of benzene rings is 3. The third-order valence-electron chi connectivity index (χ3n) is 5.28. The van der Waals surface area contributed by atoms with Crippen LogP contribution in [0.3, 0.4) is 0 Å². The Balaban J connectivity index is 1.65. The highest BCUT2D eigenvalue weighted by Crippen LogP contribution is 2.39. The van der Waals surface area contributed by atoms with Gasteiger partial charge < -0.3 is 14.2 Å². The van der Waals surface area contributed by atoms with Gasteiger partial charge in [-0.1, -0.05) is 28.1 Å². The lowest BCUT2D eigenvalue weighted by Gasteiger charge is -2.15. The van der Waals surface area contributed by atoms with Gasteiger partial charge in [0, 0.05) is 22.2 Å². The number of fused-ring (bicyclic) bond motifs is 1. The Bertz CT molecular complexity index is 1520. The van der Waals surface area contributed by atoms with E-state index in [2.05, 4.69) is 26.0 Å². The van der Waals surface area contributed by atoms with Gasteiger partial charge in [-0.25, -0.2) is 4.98 Å². The number of aromatic nitrogens is 2. The first-order valence-corrected chi connectivity index (χ1v) is 11.5. The van der Waals surface area contributed by atoms with Gasteiger partial charge in [-0.2, -0.15) is 9.78 Å². The van der Waals surface area contributed by atoms with Crippen LogP contribution in [0, 0.1) is 17.0 Å². The van der Waals surface area contributed by atoms with Crippen LogP contribution in [0.5, 0.6) is 17.2 Å². The second kappa shape index (κ2) is 10.6. The summed E-state index contributed by atoms with van der Waals surface area (Å²) in [7, 11) is 2.96. The molecule has 0 saturated heterocycles. The van der Waals surface area contributed by atoms with Crippen molar-refractivity contribution in [2.24, 2.45) is 5.10 Å². The zero-order valence-electron chi connectivity index (χ0n) is 19.6. The molecule has 10 nitrogen and oxygen atoms in total. The number of nitrogens with zero attached hydrogens (tertiary/aromatic N) is 4. The van der Waals surface area contributed by atoms with Gasteiger partial charge in [-0.3, -0.25) is 14.9 Å². The minimum Gasteiger partial charge on any atom is -0.493 e. The van der Waals surface area contributed by atoms with Crippen molar-refractivity contribution in [1.29, 1.82) is 0 Å². The van der Waals surface area contributed by atoms with Gasteiger partial charge in [0.1, 0.15) is 12.4 Å². The van der Waals surface area contributed by atoms with E-state index < -0.39 is 4.92 Å². The van der Waals surface area contributed by atoms with Gasteiger partial charge in [0.25, 0.3) is 11.2 Å². The summed E-state index contributed by atoms with van der Waals surface area (Å²) >= 11 is 3.38. The first-order valence-electron chi connectivity index (χ1n) is 10.7. The molecule has 0 aliphatic heterocycles. The smallest absolute Gasteiger partial charge is 0.282 e. The van der Waals surface area contributed by atoms with Crippen LogP contribution in [0.4, 0.5) is 5.69 Å². The molecule has 11 heteroatoms. The average Bonchev–Trinajstić information content (AvgIpc) is 2.87. The monoisotopic (exact) mass is 552 g/mol. The van der Waals surface area contributed by atoms with Crippen LogP contribution in [0.2, 0.25) is 0 Å². The third-order valence-corrected chi connectivity index (χ3v) is 5.77. The summed E-state index contributed by atoms with van der Waals surface area (Å²) in [6.45, 7) is 1.76. The highest BCUT2D eigenvalue weighted by atomic mass is 79.9. The molecule has 0 saturated carbocycles.